The van der Waals surface area contributed by atoms with Crippen molar-refractivity contribution < 1.29 is 27.9 Å². The zero-order valence-corrected chi connectivity index (χ0v) is 10.7. The topological polar surface area (TPSA) is 92.4 Å². The Bertz CT molecular complexity index is 396. The number of hydrogen-bond acceptors (Lipinski definition) is 3. The number of aliphatic carboxylic acids is 1. The monoisotopic (exact) mass is 294 g/mol. The Morgan fingerprint density at radius 2 is 1.90 bits per heavy atom. The van der Waals surface area contributed by atoms with Crippen molar-refractivity contribution in [1.29, 1.82) is 0 Å². The van der Waals surface area contributed by atoms with Gasteiger partial charge in [0, 0.05) is 19.0 Å². The van der Waals surface area contributed by atoms with Gasteiger partial charge in [-0.3, -0.25) is 4.79 Å². The summed E-state index contributed by atoms with van der Waals surface area (Å²) in [4.78, 5) is 20.5. The third-order valence-corrected chi connectivity index (χ3v) is 3.30. The number of rotatable bonds is 3. The van der Waals surface area contributed by atoms with Gasteiger partial charge in [-0.25, -0.2) is 4.79 Å². The van der Waals surface area contributed by atoms with E-state index in [1.54, 1.807) is 0 Å². The van der Waals surface area contributed by atoms with Gasteiger partial charge in [-0.15, -0.1) is 0 Å². The van der Waals surface area contributed by atoms with E-state index in [0.29, 0.717) is 24.9 Å². The SMILES string of the molecule is NCCNC(=O)C1CC2C=CC1C2.O=C(O)C(F)(F)F. The lowest BCUT2D eigenvalue weighted by atomic mass is 9.93. The molecule has 0 aromatic carbocycles. The van der Waals surface area contributed by atoms with E-state index in [0.717, 1.165) is 6.42 Å². The number of hydrogen-bond donors (Lipinski definition) is 3. The van der Waals surface area contributed by atoms with Crippen molar-refractivity contribution in [3.05, 3.63) is 12.2 Å². The molecule has 0 aliphatic heterocycles. The molecule has 0 radical (unpaired) electrons. The normalized spacial score (nSPS) is 26.9. The summed E-state index contributed by atoms with van der Waals surface area (Å²) >= 11 is 0. The predicted octanol–water partition coefficient (Wildman–Crippen LogP) is 0.907. The quantitative estimate of drug-likeness (QED) is 0.674. The molecule has 20 heavy (non-hydrogen) atoms. The molecule has 8 heteroatoms. The summed E-state index contributed by atoms with van der Waals surface area (Å²) in [7, 11) is 0. The maximum atomic E-state index is 11.6. The average molecular weight is 294 g/mol. The molecule has 5 nitrogen and oxygen atoms in total. The Kier molecular flexibility index (Phi) is 5.55. The average Bonchev–Trinajstić information content (AvgIpc) is 2.97. The fourth-order valence-electron chi connectivity index (χ4n) is 2.41. The first-order chi connectivity index (χ1) is 9.25. The third kappa shape index (κ3) is 4.52. The molecule has 1 saturated carbocycles. The van der Waals surface area contributed by atoms with Crippen LogP contribution in [0.1, 0.15) is 12.8 Å². The van der Waals surface area contributed by atoms with Crippen LogP contribution in [-0.2, 0) is 9.59 Å². The first kappa shape index (κ1) is 16.5. The van der Waals surface area contributed by atoms with Crippen molar-refractivity contribution in [2.24, 2.45) is 23.5 Å². The second-order valence-corrected chi connectivity index (χ2v) is 4.77. The van der Waals surface area contributed by atoms with Gasteiger partial charge in [-0.2, -0.15) is 13.2 Å². The first-order valence-corrected chi connectivity index (χ1v) is 6.22. The van der Waals surface area contributed by atoms with Crippen molar-refractivity contribution in [2.75, 3.05) is 13.1 Å². The lowest BCUT2D eigenvalue weighted by Crippen LogP contribution is -2.35. The number of fused-ring (bicyclic) bond motifs is 2. The highest BCUT2D eigenvalue weighted by Gasteiger charge is 2.39. The van der Waals surface area contributed by atoms with E-state index in [9.17, 15) is 18.0 Å². The Morgan fingerprint density at radius 1 is 1.30 bits per heavy atom. The molecule has 2 aliphatic rings. The molecule has 3 unspecified atom stereocenters. The summed E-state index contributed by atoms with van der Waals surface area (Å²) in [5.41, 5.74) is 5.32. The van der Waals surface area contributed by atoms with Crippen LogP contribution in [0.5, 0.6) is 0 Å². The molecule has 0 aromatic rings. The highest BCUT2D eigenvalue weighted by atomic mass is 19.4. The van der Waals surface area contributed by atoms with Gasteiger partial charge in [0.1, 0.15) is 0 Å². The fourth-order valence-corrected chi connectivity index (χ4v) is 2.41. The predicted molar refractivity (Wildman–Crippen MR) is 64.6 cm³/mol. The molecule has 4 N–H and O–H groups in total. The van der Waals surface area contributed by atoms with Gasteiger partial charge in [-0.1, -0.05) is 12.2 Å². The number of nitrogens with two attached hydrogens (primary N) is 1. The van der Waals surface area contributed by atoms with Gasteiger partial charge in [0.2, 0.25) is 5.91 Å². The fraction of sp³-hybridized carbons (Fsp3) is 0.667. The van der Waals surface area contributed by atoms with Crippen molar-refractivity contribution in [2.45, 2.75) is 19.0 Å². The number of allylic oxidation sites excluding steroid dienone is 2. The summed E-state index contributed by atoms with van der Waals surface area (Å²) in [5.74, 6) is -1.17. The lowest BCUT2D eigenvalue weighted by molar-refractivity contribution is -0.192. The minimum Gasteiger partial charge on any atom is -0.475 e. The third-order valence-electron chi connectivity index (χ3n) is 3.30. The van der Waals surface area contributed by atoms with Crippen LogP contribution in [-0.4, -0.2) is 36.2 Å². The smallest absolute Gasteiger partial charge is 0.475 e. The van der Waals surface area contributed by atoms with E-state index in [1.807, 2.05) is 0 Å². The Balaban J connectivity index is 0.000000246. The highest BCUT2D eigenvalue weighted by Crippen LogP contribution is 2.43. The molecule has 3 atom stereocenters. The van der Waals surface area contributed by atoms with Gasteiger partial charge < -0.3 is 16.2 Å². The summed E-state index contributed by atoms with van der Waals surface area (Å²) in [5, 5.41) is 9.99. The van der Waals surface area contributed by atoms with E-state index in [2.05, 4.69) is 17.5 Å². The van der Waals surface area contributed by atoms with Crippen LogP contribution >= 0.6 is 0 Å². The van der Waals surface area contributed by atoms with Gasteiger partial charge in [0.25, 0.3) is 0 Å². The minimum absolute atomic E-state index is 0.197. The zero-order valence-electron chi connectivity index (χ0n) is 10.7. The van der Waals surface area contributed by atoms with Crippen LogP contribution in [0.2, 0.25) is 0 Å². The number of carboxylic acid groups (broad SMARTS) is 1. The summed E-state index contributed by atoms with van der Waals surface area (Å²) in [6.07, 6.45) is 1.58. The van der Waals surface area contributed by atoms with Crippen LogP contribution < -0.4 is 11.1 Å². The number of alkyl halides is 3. The molecule has 0 aromatic heterocycles. The van der Waals surface area contributed by atoms with Gasteiger partial charge in [0.05, 0.1) is 0 Å². The molecule has 2 aliphatic carbocycles. The Hall–Kier alpha value is -1.57. The van der Waals surface area contributed by atoms with E-state index in [4.69, 9.17) is 15.6 Å². The summed E-state index contributed by atoms with van der Waals surface area (Å²) in [6.45, 7) is 1.14. The molecule has 0 spiro atoms. The number of carbonyl (C=O) groups is 2. The number of halogens is 3. The van der Waals surface area contributed by atoms with Crippen LogP contribution in [0.3, 0.4) is 0 Å². The molecular weight excluding hydrogens is 277 g/mol. The Morgan fingerprint density at radius 3 is 2.25 bits per heavy atom. The number of carbonyl (C=O) groups excluding carboxylic acids is 1. The van der Waals surface area contributed by atoms with Crippen molar-refractivity contribution in [3.8, 4) is 0 Å². The van der Waals surface area contributed by atoms with Gasteiger partial charge in [-0.05, 0) is 24.7 Å². The number of amides is 1. The molecular formula is C12H17F3N2O3. The van der Waals surface area contributed by atoms with E-state index in [-0.39, 0.29) is 11.8 Å². The van der Waals surface area contributed by atoms with Crippen LogP contribution in [0.4, 0.5) is 13.2 Å². The lowest BCUT2D eigenvalue weighted by Gasteiger charge is -2.16. The molecule has 1 fully saturated rings. The first-order valence-electron chi connectivity index (χ1n) is 6.22. The molecule has 0 heterocycles. The highest BCUT2D eigenvalue weighted by molar-refractivity contribution is 5.79. The zero-order chi connectivity index (χ0) is 15.3. The largest absolute Gasteiger partial charge is 0.490 e. The van der Waals surface area contributed by atoms with E-state index < -0.39 is 12.1 Å². The van der Waals surface area contributed by atoms with Crippen LogP contribution in [0.25, 0.3) is 0 Å². The maximum absolute atomic E-state index is 11.6. The van der Waals surface area contributed by atoms with Crippen molar-refractivity contribution in [3.63, 3.8) is 0 Å². The molecule has 114 valence electrons. The second kappa shape index (κ2) is 6.74. The second-order valence-electron chi connectivity index (χ2n) is 4.77. The molecule has 0 saturated heterocycles. The van der Waals surface area contributed by atoms with E-state index in [1.165, 1.54) is 6.42 Å². The minimum atomic E-state index is -5.08. The number of carboxylic acids is 1. The van der Waals surface area contributed by atoms with Crippen molar-refractivity contribution in [1.82, 2.24) is 5.32 Å². The molecule has 2 rings (SSSR count). The van der Waals surface area contributed by atoms with E-state index >= 15 is 0 Å². The van der Waals surface area contributed by atoms with Crippen LogP contribution in [0, 0.1) is 17.8 Å². The summed E-state index contributed by atoms with van der Waals surface area (Å²) < 4.78 is 31.7. The summed E-state index contributed by atoms with van der Waals surface area (Å²) in [6, 6.07) is 0. The van der Waals surface area contributed by atoms with Crippen molar-refractivity contribution >= 4 is 11.9 Å². The van der Waals surface area contributed by atoms with Gasteiger partial charge in [0.15, 0.2) is 0 Å². The molecule has 2 bridgehead atoms. The Labute approximate surface area is 114 Å². The molecule has 1 amide bonds. The number of nitrogens with one attached hydrogen (secondary N) is 1. The maximum Gasteiger partial charge on any atom is 0.490 e. The standard InChI is InChI=1S/C10H16N2O.C2HF3O2/c11-3-4-12-10(13)9-6-7-1-2-8(9)5-7;3-2(4,5)1(6)7/h1-2,7-9H,3-6,11H2,(H,12,13);(H,6,7). The van der Waals surface area contributed by atoms with Crippen LogP contribution in [0.15, 0.2) is 12.2 Å². The van der Waals surface area contributed by atoms with Gasteiger partial charge >= 0.3 is 12.1 Å².